The van der Waals surface area contributed by atoms with Crippen molar-refractivity contribution in [3.63, 3.8) is 0 Å². The molecule has 2 heterocycles. The number of sulfonamides is 1. The summed E-state index contributed by atoms with van der Waals surface area (Å²) in [5, 5.41) is 4.78. The van der Waals surface area contributed by atoms with Gasteiger partial charge in [0.2, 0.25) is 0 Å². The van der Waals surface area contributed by atoms with Gasteiger partial charge in [0.1, 0.15) is 5.75 Å². The third kappa shape index (κ3) is 5.50. The summed E-state index contributed by atoms with van der Waals surface area (Å²) in [5.74, 6) is 0.424. The van der Waals surface area contributed by atoms with Gasteiger partial charge in [-0.05, 0) is 67.6 Å². The normalized spacial score (nSPS) is 11.4. The first kappa shape index (κ1) is 26.4. The molecule has 0 N–H and O–H groups in total. The molecule has 1 amide bonds. The van der Waals surface area contributed by atoms with Gasteiger partial charge in [-0.25, -0.2) is 13.4 Å². The highest BCUT2D eigenvalue weighted by Crippen LogP contribution is 2.32. The first-order valence-corrected chi connectivity index (χ1v) is 14.6. The summed E-state index contributed by atoms with van der Waals surface area (Å²) in [6.45, 7) is 2.85. The quantitative estimate of drug-likeness (QED) is 0.236. The van der Waals surface area contributed by atoms with Crippen molar-refractivity contribution in [2.75, 3.05) is 29.4 Å². The Morgan fingerprint density at radius 3 is 2.46 bits per heavy atom. The van der Waals surface area contributed by atoms with Crippen molar-refractivity contribution in [3.05, 3.63) is 96.8 Å². The number of hydrogen-bond donors (Lipinski definition) is 0. The minimum atomic E-state index is -3.81. The smallest absolute Gasteiger partial charge is 0.264 e. The number of carbonyl (C=O) groups is 1. The topological polar surface area (TPSA) is 97.6 Å². The number of nitrogens with zero attached hydrogens (tertiary/aromatic N) is 5. The van der Waals surface area contributed by atoms with E-state index in [1.807, 2.05) is 36.5 Å². The van der Waals surface area contributed by atoms with Gasteiger partial charge in [-0.3, -0.25) is 18.7 Å². The number of aromatic nitrogens is 3. The minimum absolute atomic E-state index is 0.111. The van der Waals surface area contributed by atoms with Crippen molar-refractivity contribution in [1.82, 2.24) is 14.8 Å². The molecule has 0 radical (unpaired) electrons. The lowest BCUT2D eigenvalue weighted by molar-refractivity contribution is 0.0985. The summed E-state index contributed by atoms with van der Waals surface area (Å²) < 4.78 is 36.1. The molecule has 0 atom stereocenters. The molecular formula is C28H27N5O4S2. The molecule has 5 rings (SSSR count). The Morgan fingerprint density at radius 2 is 1.79 bits per heavy atom. The van der Waals surface area contributed by atoms with Crippen molar-refractivity contribution in [2.45, 2.75) is 18.4 Å². The van der Waals surface area contributed by atoms with Crippen molar-refractivity contribution in [1.29, 1.82) is 0 Å². The number of amides is 1. The highest BCUT2D eigenvalue weighted by Gasteiger charge is 2.26. The Morgan fingerprint density at radius 1 is 1.03 bits per heavy atom. The summed E-state index contributed by atoms with van der Waals surface area (Å²) in [4.78, 5) is 20.2. The second-order valence-corrected chi connectivity index (χ2v) is 11.5. The van der Waals surface area contributed by atoms with Gasteiger partial charge in [0.25, 0.3) is 15.9 Å². The summed E-state index contributed by atoms with van der Waals surface area (Å²) in [6, 6.07) is 22.4. The summed E-state index contributed by atoms with van der Waals surface area (Å²) in [5.41, 5.74) is 1.70. The molecule has 3 aromatic carbocycles. The lowest BCUT2D eigenvalue weighted by Crippen LogP contribution is -2.34. The van der Waals surface area contributed by atoms with Crippen molar-refractivity contribution >= 4 is 48.3 Å². The Hall–Kier alpha value is -4.22. The first-order chi connectivity index (χ1) is 18.9. The standard InChI is InChI=1S/C28H27N5O4S2/c1-3-33(22-8-5-4-6-9-22)39(35,36)24-13-10-21(11-14-24)27(34)32(19-18-31-17-7-16-29-31)28-30-25-15-12-23(37-2)20-26(25)38-28/h4-17,20H,3,18-19H2,1-2H3. The largest absolute Gasteiger partial charge is 0.497 e. The number of carbonyl (C=O) groups excluding carboxylic acids is 1. The van der Waals surface area contributed by atoms with Gasteiger partial charge >= 0.3 is 0 Å². The van der Waals surface area contributed by atoms with E-state index >= 15 is 0 Å². The van der Waals surface area contributed by atoms with Gasteiger partial charge in [0.15, 0.2) is 5.13 Å². The van der Waals surface area contributed by atoms with E-state index in [1.54, 1.807) is 66.2 Å². The first-order valence-electron chi connectivity index (χ1n) is 12.3. The number of benzene rings is 3. The van der Waals surface area contributed by atoms with Crippen LogP contribution in [0.25, 0.3) is 10.2 Å². The van der Waals surface area contributed by atoms with Crippen LogP contribution in [0.2, 0.25) is 0 Å². The van der Waals surface area contributed by atoms with Crippen LogP contribution in [0.3, 0.4) is 0 Å². The van der Waals surface area contributed by atoms with Gasteiger partial charge in [-0.2, -0.15) is 5.10 Å². The second-order valence-electron chi connectivity index (χ2n) is 8.59. The van der Waals surface area contributed by atoms with E-state index in [2.05, 4.69) is 5.10 Å². The van der Waals surface area contributed by atoms with Crippen molar-refractivity contribution < 1.29 is 17.9 Å². The number of ether oxygens (including phenoxy) is 1. The highest BCUT2D eigenvalue weighted by molar-refractivity contribution is 7.92. The molecule has 0 saturated heterocycles. The number of hydrogen-bond acceptors (Lipinski definition) is 7. The molecule has 2 aromatic heterocycles. The zero-order valence-corrected chi connectivity index (χ0v) is 23.1. The minimum Gasteiger partial charge on any atom is -0.497 e. The van der Waals surface area contributed by atoms with Gasteiger partial charge in [0, 0.05) is 31.0 Å². The van der Waals surface area contributed by atoms with Crippen LogP contribution in [0, 0.1) is 0 Å². The third-order valence-electron chi connectivity index (χ3n) is 6.19. The van der Waals surface area contributed by atoms with E-state index in [1.165, 1.54) is 27.8 Å². The molecule has 200 valence electrons. The number of para-hydroxylation sites is 1. The van der Waals surface area contributed by atoms with Crippen LogP contribution in [0.1, 0.15) is 17.3 Å². The average Bonchev–Trinajstić information content (AvgIpc) is 3.63. The van der Waals surface area contributed by atoms with Crippen LogP contribution in [0.4, 0.5) is 10.8 Å². The number of anilines is 2. The molecule has 39 heavy (non-hydrogen) atoms. The third-order valence-corrected chi connectivity index (χ3v) is 9.15. The van der Waals surface area contributed by atoms with Crippen LogP contribution >= 0.6 is 11.3 Å². The molecule has 0 spiro atoms. The molecule has 0 aliphatic carbocycles. The molecule has 0 unspecified atom stereocenters. The SMILES string of the molecule is CCN(c1ccccc1)S(=O)(=O)c1ccc(C(=O)N(CCn2cccn2)c2nc3ccc(OC)cc3s2)cc1. The molecule has 0 aliphatic heterocycles. The van der Waals surface area contributed by atoms with Gasteiger partial charge in [0.05, 0.1) is 34.5 Å². The average molecular weight is 562 g/mol. The number of fused-ring (bicyclic) bond motifs is 1. The van der Waals surface area contributed by atoms with Gasteiger partial charge < -0.3 is 4.74 Å². The van der Waals surface area contributed by atoms with Crippen LogP contribution < -0.4 is 13.9 Å². The fourth-order valence-electron chi connectivity index (χ4n) is 4.19. The number of rotatable bonds is 10. The van der Waals surface area contributed by atoms with Crippen molar-refractivity contribution in [3.8, 4) is 5.75 Å². The molecule has 0 fully saturated rings. The fraction of sp³-hybridized carbons (Fsp3) is 0.179. The molecule has 0 bridgehead atoms. The van der Waals surface area contributed by atoms with E-state index in [4.69, 9.17) is 9.72 Å². The van der Waals surface area contributed by atoms with E-state index in [0.717, 1.165) is 10.2 Å². The second kappa shape index (κ2) is 11.3. The predicted octanol–water partition coefficient (Wildman–Crippen LogP) is 5.06. The van der Waals surface area contributed by atoms with Crippen LogP contribution in [-0.4, -0.2) is 49.3 Å². The summed E-state index contributed by atoms with van der Waals surface area (Å²) in [6.07, 6.45) is 3.52. The van der Waals surface area contributed by atoms with Crippen LogP contribution in [0.15, 0.2) is 96.2 Å². The summed E-state index contributed by atoms with van der Waals surface area (Å²) in [7, 11) is -2.20. The maximum atomic E-state index is 13.8. The van der Waals surface area contributed by atoms with E-state index in [-0.39, 0.29) is 17.3 Å². The Balaban J connectivity index is 1.45. The zero-order chi connectivity index (χ0) is 27.4. The maximum Gasteiger partial charge on any atom is 0.264 e. The van der Waals surface area contributed by atoms with Crippen LogP contribution in [0.5, 0.6) is 5.75 Å². The summed E-state index contributed by atoms with van der Waals surface area (Å²) >= 11 is 1.39. The Kier molecular flexibility index (Phi) is 7.62. The Bertz CT molecular complexity index is 1670. The van der Waals surface area contributed by atoms with E-state index in [9.17, 15) is 13.2 Å². The lowest BCUT2D eigenvalue weighted by atomic mass is 10.2. The number of methoxy groups -OCH3 is 1. The van der Waals surface area contributed by atoms with E-state index in [0.29, 0.717) is 35.2 Å². The van der Waals surface area contributed by atoms with Gasteiger partial charge in [-0.15, -0.1) is 0 Å². The predicted molar refractivity (Wildman–Crippen MR) is 153 cm³/mol. The fourth-order valence-corrected chi connectivity index (χ4v) is 6.68. The Labute approximate surface area is 230 Å². The monoisotopic (exact) mass is 561 g/mol. The lowest BCUT2D eigenvalue weighted by Gasteiger charge is -2.23. The molecule has 5 aromatic rings. The zero-order valence-electron chi connectivity index (χ0n) is 21.5. The maximum absolute atomic E-state index is 13.8. The highest BCUT2D eigenvalue weighted by atomic mass is 32.2. The van der Waals surface area contributed by atoms with E-state index < -0.39 is 10.0 Å². The molecule has 0 saturated carbocycles. The van der Waals surface area contributed by atoms with Crippen LogP contribution in [-0.2, 0) is 16.6 Å². The molecular weight excluding hydrogens is 534 g/mol. The molecule has 11 heteroatoms. The molecule has 0 aliphatic rings. The molecule has 9 nitrogen and oxygen atoms in total. The number of thiazole rings is 1. The van der Waals surface area contributed by atoms with Crippen molar-refractivity contribution in [2.24, 2.45) is 0 Å². The van der Waals surface area contributed by atoms with Gasteiger partial charge in [-0.1, -0.05) is 29.5 Å².